The van der Waals surface area contributed by atoms with E-state index in [-0.39, 0.29) is 24.7 Å². The van der Waals surface area contributed by atoms with Crippen LogP contribution in [0.3, 0.4) is 0 Å². The highest BCUT2D eigenvalue weighted by Gasteiger charge is 2.39. The van der Waals surface area contributed by atoms with Crippen LogP contribution in [0.25, 0.3) is 10.8 Å². The summed E-state index contributed by atoms with van der Waals surface area (Å²) in [7, 11) is 4.18. The molecule has 2 N–H and O–H groups in total. The molecule has 8 nitrogen and oxygen atoms in total. The number of aliphatic imine (C=N–C) groups is 2. The number of hydrogen-bond acceptors (Lipinski definition) is 7. The van der Waals surface area contributed by atoms with Crippen LogP contribution in [0.15, 0.2) is 117 Å². The smallest absolute Gasteiger partial charge is 0.170 e. The fourth-order valence-electron chi connectivity index (χ4n) is 6.92. The summed E-state index contributed by atoms with van der Waals surface area (Å²) in [6.45, 7) is 0. The van der Waals surface area contributed by atoms with Gasteiger partial charge in [-0.05, 0) is 18.2 Å². The summed E-state index contributed by atoms with van der Waals surface area (Å²) in [5.41, 5.74) is 8.50. The van der Waals surface area contributed by atoms with Crippen molar-refractivity contribution < 1.29 is 0 Å². The maximum absolute atomic E-state index is 5.29. The van der Waals surface area contributed by atoms with E-state index in [9.17, 15) is 0 Å². The van der Waals surface area contributed by atoms with E-state index in [1.54, 1.807) is 0 Å². The molecule has 4 aromatic carbocycles. The molecule has 0 radical (unpaired) electrons. The quantitative estimate of drug-likeness (QED) is 0.305. The average molecular weight is 549 g/mol. The van der Waals surface area contributed by atoms with Gasteiger partial charge in [0.1, 0.15) is 35.0 Å². The van der Waals surface area contributed by atoms with Gasteiger partial charge in [0.05, 0.1) is 0 Å². The molecule has 4 aliphatic rings. The van der Waals surface area contributed by atoms with Gasteiger partial charge in [0.2, 0.25) is 0 Å². The maximum atomic E-state index is 5.29. The lowest BCUT2D eigenvalue weighted by Gasteiger charge is -2.29. The Morgan fingerprint density at radius 1 is 0.500 bits per heavy atom. The molecule has 0 fully saturated rings. The predicted octanol–water partition coefficient (Wildman–Crippen LogP) is 4.17. The van der Waals surface area contributed by atoms with Gasteiger partial charge in [-0.2, -0.15) is 0 Å². The normalized spacial score (nSPS) is 23.5. The molecule has 204 valence electrons. The lowest BCUT2D eigenvalue weighted by Crippen LogP contribution is -2.41. The summed E-state index contributed by atoms with van der Waals surface area (Å²) in [4.78, 5) is 23.3. The molecule has 0 spiro atoms. The van der Waals surface area contributed by atoms with E-state index >= 15 is 0 Å². The fraction of sp³-hybridized carbons (Fsp3) is 0.176. The molecule has 4 aliphatic heterocycles. The molecule has 4 unspecified atom stereocenters. The Morgan fingerprint density at radius 3 is 1.38 bits per heavy atom. The molecule has 0 saturated carbocycles. The monoisotopic (exact) mass is 548 g/mol. The van der Waals surface area contributed by atoms with E-state index < -0.39 is 0 Å². The SMILES string of the molecule is CN1C2NC3=NC(N=c4c5ccccc5c(n4C)=NC4N=C(NC1c1ccccc12)c1ccccc14)c1ccccc13. The second-order valence-corrected chi connectivity index (χ2v) is 11.3. The topological polar surface area (TPSA) is 81.7 Å². The minimum absolute atomic E-state index is 0.0858. The predicted molar refractivity (Wildman–Crippen MR) is 163 cm³/mol. The third-order valence-corrected chi connectivity index (χ3v) is 8.97. The van der Waals surface area contributed by atoms with E-state index in [4.69, 9.17) is 20.0 Å². The Labute approximate surface area is 242 Å². The van der Waals surface area contributed by atoms with Crippen molar-refractivity contribution in [3.63, 3.8) is 0 Å². The van der Waals surface area contributed by atoms with E-state index in [2.05, 4.69) is 124 Å². The lowest BCUT2D eigenvalue weighted by atomic mass is 10.1. The first kappa shape index (κ1) is 23.6. The molecule has 5 aromatic rings. The zero-order valence-corrected chi connectivity index (χ0v) is 23.2. The van der Waals surface area contributed by atoms with Crippen molar-refractivity contribution in [2.24, 2.45) is 27.0 Å². The summed E-state index contributed by atoms with van der Waals surface area (Å²) in [6.07, 6.45) is -0.905. The highest BCUT2D eigenvalue weighted by Crippen LogP contribution is 2.40. The number of rotatable bonds is 0. The Hall–Kier alpha value is -5.08. The summed E-state index contributed by atoms with van der Waals surface area (Å²) in [6, 6.07) is 33.8. The number of fused-ring (bicyclic) bond motifs is 18. The van der Waals surface area contributed by atoms with Gasteiger partial charge in [-0.3, -0.25) is 4.90 Å². The standard InChI is InChI=1S/C34H28N8/c1-41-31-23-15-7-8-16-24(23)32(41)38-28-20-12-4-6-14-22(20)30(36-28)40-34-26-18-10-9-17-25(26)33(42(34)2)39-29-21-13-5-3-11-19(21)27(35-29)37-31/h3-18,27-28,33-34H,1-2H3,(H,35,39)(H,36,40). The van der Waals surface area contributed by atoms with Gasteiger partial charge in [-0.25, -0.2) is 20.0 Å². The van der Waals surface area contributed by atoms with E-state index in [1.807, 2.05) is 7.05 Å². The van der Waals surface area contributed by atoms with Gasteiger partial charge < -0.3 is 15.2 Å². The van der Waals surface area contributed by atoms with Gasteiger partial charge in [0.15, 0.2) is 12.3 Å². The maximum Gasteiger partial charge on any atom is 0.170 e. The molecule has 1 aromatic heterocycles. The third-order valence-electron chi connectivity index (χ3n) is 8.97. The van der Waals surface area contributed by atoms with Crippen molar-refractivity contribution in [2.75, 3.05) is 7.05 Å². The highest BCUT2D eigenvalue weighted by molar-refractivity contribution is 6.03. The van der Waals surface area contributed by atoms with Gasteiger partial charge in [0, 0.05) is 40.1 Å². The molecule has 0 saturated heterocycles. The van der Waals surface area contributed by atoms with Crippen LogP contribution in [0.5, 0.6) is 0 Å². The Balaban J connectivity index is 1.34. The molecular weight excluding hydrogens is 520 g/mol. The first-order chi connectivity index (χ1) is 20.7. The number of amidine groups is 2. The van der Waals surface area contributed by atoms with E-state index in [0.29, 0.717) is 0 Å². The average Bonchev–Trinajstić information content (AvgIpc) is 3.71. The largest absolute Gasteiger partial charge is 0.350 e. The van der Waals surface area contributed by atoms with Crippen molar-refractivity contribution in [3.8, 4) is 0 Å². The van der Waals surface area contributed by atoms with Crippen LogP contribution in [0, 0.1) is 0 Å². The van der Waals surface area contributed by atoms with Gasteiger partial charge in [-0.1, -0.05) is 97.1 Å². The summed E-state index contributed by atoms with van der Waals surface area (Å²) in [5.74, 6) is 1.71. The van der Waals surface area contributed by atoms with E-state index in [1.165, 1.54) is 11.1 Å². The second kappa shape index (κ2) is 8.71. The van der Waals surface area contributed by atoms with Crippen molar-refractivity contribution >= 4 is 22.4 Å². The van der Waals surface area contributed by atoms with Gasteiger partial charge >= 0.3 is 0 Å². The van der Waals surface area contributed by atoms with Crippen molar-refractivity contribution in [1.82, 2.24) is 20.1 Å². The number of hydrogen-bond donors (Lipinski definition) is 2. The summed E-state index contributed by atoms with van der Waals surface area (Å²) < 4.78 is 2.09. The number of benzene rings is 4. The van der Waals surface area contributed by atoms with Crippen LogP contribution in [0.4, 0.5) is 0 Å². The Bertz CT molecular complexity index is 1980. The first-order valence-electron chi connectivity index (χ1n) is 14.3. The lowest BCUT2D eigenvalue weighted by molar-refractivity contribution is 0.182. The third kappa shape index (κ3) is 3.27. The molecule has 5 heterocycles. The minimum atomic E-state index is -0.367. The number of aromatic nitrogens is 1. The molecule has 4 atom stereocenters. The van der Waals surface area contributed by atoms with Gasteiger partial charge in [-0.15, -0.1) is 0 Å². The van der Waals surface area contributed by atoms with Crippen molar-refractivity contribution in [3.05, 3.63) is 141 Å². The zero-order chi connectivity index (χ0) is 27.9. The summed E-state index contributed by atoms with van der Waals surface area (Å²) in [5, 5.41) is 9.72. The number of nitrogens with zero attached hydrogens (tertiary/aromatic N) is 6. The van der Waals surface area contributed by atoms with Gasteiger partial charge in [0.25, 0.3) is 0 Å². The van der Waals surface area contributed by atoms with Crippen LogP contribution in [-0.2, 0) is 7.05 Å². The molecule has 8 bridgehead atoms. The number of nitrogens with one attached hydrogen (secondary N) is 2. The Morgan fingerprint density at radius 2 is 0.905 bits per heavy atom. The van der Waals surface area contributed by atoms with Crippen LogP contribution >= 0.6 is 0 Å². The van der Waals surface area contributed by atoms with Crippen LogP contribution in [-0.4, -0.2) is 28.2 Å². The van der Waals surface area contributed by atoms with E-state index in [0.717, 1.165) is 55.7 Å². The highest BCUT2D eigenvalue weighted by atomic mass is 15.4. The van der Waals surface area contributed by atoms with Crippen molar-refractivity contribution in [2.45, 2.75) is 24.7 Å². The molecule has 9 rings (SSSR count). The van der Waals surface area contributed by atoms with Crippen LogP contribution in [0.2, 0.25) is 0 Å². The van der Waals surface area contributed by atoms with Crippen molar-refractivity contribution in [1.29, 1.82) is 0 Å². The van der Waals surface area contributed by atoms with Crippen LogP contribution in [0.1, 0.15) is 58.0 Å². The first-order valence-corrected chi connectivity index (χ1v) is 14.3. The molecule has 42 heavy (non-hydrogen) atoms. The zero-order valence-electron chi connectivity index (χ0n) is 23.2. The fourth-order valence-corrected chi connectivity index (χ4v) is 6.92. The minimum Gasteiger partial charge on any atom is -0.350 e. The molecular formula is C34H28N8. The second-order valence-electron chi connectivity index (χ2n) is 11.3. The Kier molecular flexibility index (Phi) is 4.90. The molecule has 0 amide bonds. The molecule has 8 heteroatoms. The molecule has 0 aliphatic carbocycles. The van der Waals surface area contributed by atoms with Crippen LogP contribution < -0.4 is 21.6 Å². The summed E-state index contributed by atoms with van der Waals surface area (Å²) >= 11 is 0.